The minimum absolute atomic E-state index is 0. The summed E-state index contributed by atoms with van der Waals surface area (Å²) in [7, 11) is 1.95. The average Bonchev–Trinajstić information content (AvgIpc) is 3.21. The van der Waals surface area contributed by atoms with E-state index in [2.05, 4.69) is 24.3 Å². The van der Waals surface area contributed by atoms with Crippen LogP contribution in [-0.4, -0.2) is 47.3 Å². The molecule has 1 N–H and O–H groups in total. The Morgan fingerprint density at radius 3 is 2.85 bits per heavy atom. The molecule has 7 heteroatoms. The Hall–Kier alpha value is -1.56. The fourth-order valence-electron chi connectivity index (χ4n) is 3.53. The van der Waals surface area contributed by atoms with E-state index in [4.69, 9.17) is 11.6 Å². The largest absolute Gasteiger partial charge is 0.338 e. The van der Waals surface area contributed by atoms with Crippen molar-refractivity contribution in [2.45, 2.75) is 26.2 Å². The summed E-state index contributed by atoms with van der Waals surface area (Å²) in [6.45, 7) is 6.73. The van der Waals surface area contributed by atoms with E-state index in [9.17, 15) is 4.79 Å². The number of rotatable bonds is 5. The van der Waals surface area contributed by atoms with Crippen LogP contribution in [0.4, 0.5) is 0 Å². The highest BCUT2D eigenvalue weighted by atomic mass is 35.5. The summed E-state index contributed by atoms with van der Waals surface area (Å²) >= 11 is 6.12. The van der Waals surface area contributed by atoms with E-state index in [-0.39, 0.29) is 24.2 Å². The lowest BCUT2D eigenvalue weighted by atomic mass is 10.0. The Kier molecular flexibility index (Phi) is 7.09. The first kappa shape index (κ1) is 20.7. The Bertz CT molecular complexity index is 760. The van der Waals surface area contributed by atoms with Crippen molar-refractivity contribution in [2.24, 2.45) is 5.92 Å². The molecule has 1 atom stereocenters. The van der Waals surface area contributed by atoms with Crippen LogP contribution in [0.15, 0.2) is 30.5 Å². The molecule has 5 nitrogen and oxygen atoms in total. The van der Waals surface area contributed by atoms with E-state index in [0.717, 1.165) is 37.4 Å². The first-order valence-corrected chi connectivity index (χ1v) is 9.16. The minimum atomic E-state index is 0. The quantitative estimate of drug-likeness (QED) is 0.836. The van der Waals surface area contributed by atoms with Crippen molar-refractivity contribution in [1.82, 2.24) is 20.0 Å². The topological polar surface area (TPSA) is 50.2 Å². The lowest BCUT2D eigenvalue weighted by Gasteiger charge is -2.18. The zero-order valence-corrected chi connectivity index (χ0v) is 17.0. The summed E-state index contributed by atoms with van der Waals surface area (Å²) in [5.74, 6) is 0.783. The monoisotopic (exact) mass is 396 g/mol. The van der Waals surface area contributed by atoms with E-state index in [1.165, 1.54) is 0 Å². The third kappa shape index (κ3) is 4.22. The summed E-state index contributed by atoms with van der Waals surface area (Å²) < 4.78 is 1.84. The summed E-state index contributed by atoms with van der Waals surface area (Å²) in [4.78, 5) is 15.0. The van der Waals surface area contributed by atoms with Gasteiger partial charge in [0.05, 0.1) is 23.1 Å². The maximum Gasteiger partial charge on any atom is 0.257 e. The Balaban J connectivity index is 0.00000243. The van der Waals surface area contributed by atoms with Gasteiger partial charge in [-0.3, -0.25) is 4.79 Å². The number of likely N-dealkylation sites (tertiary alicyclic amines) is 1. The Labute approximate surface area is 166 Å². The van der Waals surface area contributed by atoms with Crippen LogP contribution in [0.3, 0.4) is 0 Å². The van der Waals surface area contributed by atoms with Crippen molar-refractivity contribution in [3.8, 4) is 5.69 Å². The van der Waals surface area contributed by atoms with Crippen molar-refractivity contribution in [3.05, 3.63) is 46.7 Å². The lowest BCUT2D eigenvalue weighted by molar-refractivity contribution is 0.0785. The highest BCUT2D eigenvalue weighted by Crippen LogP contribution is 2.27. The van der Waals surface area contributed by atoms with E-state index in [1.54, 1.807) is 6.20 Å². The van der Waals surface area contributed by atoms with Gasteiger partial charge in [-0.15, -0.1) is 12.4 Å². The summed E-state index contributed by atoms with van der Waals surface area (Å²) in [5.41, 5.74) is 2.51. The number of halogens is 2. The van der Waals surface area contributed by atoms with Crippen LogP contribution in [0.25, 0.3) is 5.69 Å². The van der Waals surface area contributed by atoms with Gasteiger partial charge in [0.1, 0.15) is 0 Å². The molecule has 142 valence electrons. The van der Waals surface area contributed by atoms with Crippen molar-refractivity contribution < 1.29 is 4.79 Å². The molecule has 26 heavy (non-hydrogen) atoms. The molecule has 0 saturated carbocycles. The van der Waals surface area contributed by atoms with Crippen LogP contribution >= 0.6 is 24.0 Å². The summed E-state index contributed by atoms with van der Waals surface area (Å²) in [5, 5.41) is 8.35. The maximum absolute atomic E-state index is 13.1. The van der Waals surface area contributed by atoms with Gasteiger partial charge in [-0.25, -0.2) is 4.68 Å². The SMILES string of the molecule is CNCC1CCN(C(=O)c2cnn(-c3cccc(Cl)c3)c2C(C)C)C1.Cl. The number of hydrogen-bond donors (Lipinski definition) is 1. The van der Waals surface area contributed by atoms with Gasteiger partial charge >= 0.3 is 0 Å². The molecule has 3 rings (SSSR count). The molecule has 1 amide bonds. The second kappa shape index (κ2) is 8.89. The van der Waals surface area contributed by atoms with E-state index in [1.807, 2.05) is 40.9 Å². The van der Waals surface area contributed by atoms with Gasteiger partial charge in [-0.1, -0.05) is 31.5 Å². The van der Waals surface area contributed by atoms with Crippen LogP contribution in [0, 0.1) is 5.92 Å². The zero-order chi connectivity index (χ0) is 18.0. The normalized spacial score (nSPS) is 16.8. The molecule has 0 spiro atoms. The molecule has 2 aromatic rings. The van der Waals surface area contributed by atoms with Gasteiger partial charge in [-0.05, 0) is 50.0 Å². The number of aromatic nitrogens is 2. The Morgan fingerprint density at radius 2 is 2.19 bits per heavy atom. The molecule has 0 radical (unpaired) electrons. The van der Waals surface area contributed by atoms with Crippen molar-refractivity contribution in [2.75, 3.05) is 26.7 Å². The molecular formula is C19H26Cl2N4O. The van der Waals surface area contributed by atoms with E-state index in [0.29, 0.717) is 16.5 Å². The predicted molar refractivity (Wildman–Crippen MR) is 108 cm³/mol. The van der Waals surface area contributed by atoms with Crippen molar-refractivity contribution >= 4 is 29.9 Å². The van der Waals surface area contributed by atoms with Crippen molar-refractivity contribution in [1.29, 1.82) is 0 Å². The fraction of sp³-hybridized carbons (Fsp3) is 0.474. The third-order valence-corrected chi connectivity index (χ3v) is 4.94. The second-order valence-electron chi connectivity index (χ2n) is 6.95. The van der Waals surface area contributed by atoms with Gasteiger partial charge < -0.3 is 10.2 Å². The number of hydrogen-bond acceptors (Lipinski definition) is 3. The molecular weight excluding hydrogens is 371 g/mol. The maximum atomic E-state index is 13.1. The van der Waals surface area contributed by atoms with Gasteiger partial charge in [0.2, 0.25) is 0 Å². The fourth-order valence-corrected chi connectivity index (χ4v) is 3.72. The van der Waals surface area contributed by atoms with Gasteiger partial charge in [0.25, 0.3) is 5.91 Å². The van der Waals surface area contributed by atoms with E-state index >= 15 is 0 Å². The second-order valence-corrected chi connectivity index (χ2v) is 7.39. The third-order valence-electron chi connectivity index (χ3n) is 4.70. The average molecular weight is 397 g/mol. The van der Waals surface area contributed by atoms with Gasteiger partial charge in [0.15, 0.2) is 0 Å². The molecule has 0 bridgehead atoms. The molecule has 1 fully saturated rings. The van der Waals surface area contributed by atoms with Crippen molar-refractivity contribution in [3.63, 3.8) is 0 Å². The molecule has 2 heterocycles. The number of nitrogens with one attached hydrogen (secondary N) is 1. The van der Waals surface area contributed by atoms with Crippen LogP contribution in [-0.2, 0) is 0 Å². The van der Waals surface area contributed by atoms with Gasteiger partial charge in [-0.2, -0.15) is 5.10 Å². The highest BCUT2D eigenvalue weighted by Gasteiger charge is 2.30. The Morgan fingerprint density at radius 1 is 1.42 bits per heavy atom. The number of nitrogens with zero attached hydrogens (tertiary/aromatic N) is 3. The van der Waals surface area contributed by atoms with Crippen LogP contribution in [0.1, 0.15) is 42.2 Å². The molecule has 1 aromatic heterocycles. The van der Waals surface area contributed by atoms with E-state index < -0.39 is 0 Å². The lowest BCUT2D eigenvalue weighted by Crippen LogP contribution is -2.31. The molecule has 1 aliphatic rings. The summed E-state index contributed by atoms with van der Waals surface area (Å²) in [6, 6.07) is 7.56. The van der Waals surface area contributed by atoms with Crippen LogP contribution in [0.2, 0.25) is 5.02 Å². The smallest absolute Gasteiger partial charge is 0.257 e. The summed E-state index contributed by atoms with van der Waals surface area (Å²) in [6.07, 6.45) is 2.75. The highest BCUT2D eigenvalue weighted by molar-refractivity contribution is 6.30. The number of carbonyl (C=O) groups is 1. The number of amides is 1. The first-order valence-electron chi connectivity index (χ1n) is 8.79. The predicted octanol–water partition coefficient (Wildman–Crippen LogP) is 3.75. The standard InChI is InChI=1S/C19H25ClN4O.ClH/c1-13(2)18-17(19(25)23-8-7-14(12-23)10-21-3)11-22-24(18)16-6-4-5-15(20)9-16;/h4-6,9,11,13-14,21H,7-8,10,12H2,1-3H3;1H. The minimum Gasteiger partial charge on any atom is -0.338 e. The molecule has 1 saturated heterocycles. The zero-order valence-electron chi connectivity index (χ0n) is 15.4. The van der Waals surface area contributed by atoms with Crippen LogP contribution in [0.5, 0.6) is 0 Å². The number of benzene rings is 1. The number of carbonyl (C=O) groups excluding carboxylic acids is 1. The van der Waals surface area contributed by atoms with Gasteiger partial charge in [0, 0.05) is 18.1 Å². The molecule has 0 aliphatic carbocycles. The molecule has 1 unspecified atom stereocenters. The molecule has 1 aromatic carbocycles. The first-order chi connectivity index (χ1) is 12.0. The van der Waals surface area contributed by atoms with Crippen LogP contribution < -0.4 is 5.32 Å². The molecule has 1 aliphatic heterocycles.